The molecule has 0 aliphatic rings. The van der Waals surface area contributed by atoms with Gasteiger partial charge in [-0.25, -0.2) is 9.97 Å². The maximum absolute atomic E-state index is 5.95. The maximum atomic E-state index is 5.95. The van der Waals surface area contributed by atoms with E-state index in [9.17, 15) is 0 Å². The molecule has 0 unspecified atom stereocenters. The second kappa shape index (κ2) is 5.45. The van der Waals surface area contributed by atoms with Crippen LogP contribution in [0.4, 0.5) is 5.13 Å². The van der Waals surface area contributed by atoms with Crippen LogP contribution in [0, 0.1) is 6.92 Å². The highest BCUT2D eigenvalue weighted by atomic mass is 35.5. The minimum absolute atomic E-state index is 0.725. The molecular weight excluding hydrogens is 298 g/mol. The Morgan fingerprint density at radius 1 is 1.32 bits per heavy atom. The van der Waals surface area contributed by atoms with E-state index in [0.717, 1.165) is 44.0 Å². The van der Waals surface area contributed by atoms with Gasteiger partial charge in [-0.1, -0.05) is 22.9 Å². The number of anilines is 1. The summed E-state index contributed by atoms with van der Waals surface area (Å²) in [5.74, 6) is 0. The third-order valence-corrected chi connectivity index (χ3v) is 4.89. The summed E-state index contributed by atoms with van der Waals surface area (Å²) >= 11 is 9.31. The van der Waals surface area contributed by atoms with Gasteiger partial charge in [0, 0.05) is 29.1 Å². The Hall–Kier alpha value is -1.17. The quantitative estimate of drug-likeness (QED) is 0.777. The number of thiazole rings is 2. The van der Waals surface area contributed by atoms with Gasteiger partial charge >= 0.3 is 0 Å². The molecule has 2 heterocycles. The van der Waals surface area contributed by atoms with Gasteiger partial charge in [0.25, 0.3) is 0 Å². The van der Waals surface area contributed by atoms with E-state index < -0.39 is 0 Å². The molecule has 2 aromatic heterocycles. The summed E-state index contributed by atoms with van der Waals surface area (Å²) in [5.41, 5.74) is 2.04. The van der Waals surface area contributed by atoms with Crippen molar-refractivity contribution in [1.82, 2.24) is 9.97 Å². The van der Waals surface area contributed by atoms with Gasteiger partial charge in [0.15, 0.2) is 5.13 Å². The van der Waals surface area contributed by atoms with E-state index in [1.165, 1.54) is 0 Å². The number of aromatic nitrogens is 2. The molecule has 0 spiro atoms. The lowest BCUT2D eigenvalue weighted by Gasteiger charge is -1.99. The molecule has 3 rings (SSSR count). The van der Waals surface area contributed by atoms with Crippen LogP contribution in [0.25, 0.3) is 10.2 Å². The minimum Gasteiger partial charge on any atom is -0.361 e. The Balaban J connectivity index is 1.65. The summed E-state index contributed by atoms with van der Waals surface area (Å²) in [6, 6.07) is 5.79. The van der Waals surface area contributed by atoms with Crippen molar-refractivity contribution in [1.29, 1.82) is 0 Å². The number of aryl methyl sites for hydroxylation is 1. The fourth-order valence-electron chi connectivity index (χ4n) is 1.77. The van der Waals surface area contributed by atoms with E-state index in [-0.39, 0.29) is 0 Å². The molecule has 0 fully saturated rings. The van der Waals surface area contributed by atoms with Crippen LogP contribution in [0.2, 0.25) is 5.02 Å². The molecule has 3 aromatic rings. The van der Waals surface area contributed by atoms with E-state index >= 15 is 0 Å². The van der Waals surface area contributed by atoms with Crippen LogP contribution in [0.3, 0.4) is 0 Å². The van der Waals surface area contributed by atoms with Crippen molar-refractivity contribution in [3.63, 3.8) is 0 Å². The topological polar surface area (TPSA) is 37.8 Å². The first-order valence-corrected chi connectivity index (χ1v) is 7.99. The summed E-state index contributed by atoms with van der Waals surface area (Å²) in [4.78, 5) is 8.96. The molecule has 0 aliphatic heterocycles. The molecular formula is C13H12ClN3S2. The number of fused-ring (bicyclic) bond motifs is 1. The number of hydrogen-bond acceptors (Lipinski definition) is 5. The molecule has 6 heteroatoms. The van der Waals surface area contributed by atoms with Crippen molar-refractivity contribution in [2.24, 2.45) is 0 Å². The zero-order valence-electron chi connectivity index (χ0n) is 10.3. The second-order valence-electron chi connectivity index (χ2n) is 4.19. The lowest BCUT2D eigenvalue weighted by atomic mass is 10.3. The average Bonchev–Trinajstić information content (AvgIpc) is 2.95. The Kier molecular flexibility index (Phi) is 3.68. The molecule has 19 heavy (non-hydrogen) atoms. The normalized spacial score (nSPS) is 11.1. The highest BCUT2D eigenvalue weighted by Gasteiger charge is 2.04. The average molecular weight is 310 g/mol. The molecule has 98 valence electrons. The largest absolute Gasteiger partial charge is 0.361 e. The smallest absolute Gasteiger partial charge is 0.183 e. The van der Waals surface area contributed by atoms with E-state index in [1.807, 2.05) is 25.1 Å². The zero-order chi connectivity index (χ0) is 13.2. The van der Waals surface area contributed by atoms with Crippen LogP contribution in [0.5, 0.6) is 0 Å². The highest BCUT2D eigenvalue weighted by Crippen LogP contribution is 2.27. The van der Waals surface area contributed by atoms with E-state index in [4.69, 9.17) is 11.6 Å². The predicted molar refractivity (Wildman–Crippen MR) is 83.7 cm³/mol. The number of nitrogens with zero attached hydrogens (tertiary/aromatic N) is 2. The van der Waals surface area contributed by atoms with E-state index in [0.29, 0.717) is 0 Å². The van der Waals surface area contributed by atoms with Gasteiger partial charge in [-0.3, -0.25) is 0 Å². The van der Waals surface area contributed by atoms with Crippen LogP contribution in [-0.4, -0.2) is 16.5 Å². The maximum Gasteiger partial charge on any atom is 0.183 e. The number of nitrogens with one attached hydrogen (secondary N) is 1. The first-order valence-electron chi connectivity index (χ1n) is 5.92. The SMILES string of the molecule is Cc1csc(CCNc2nc3cc(Cl)ccc3s2)n1. The van der Waals surface area contributed by atoms with Crippen molar-refractivity contribution in [3.05, 3.63) is 39.3 Å². The first kappa shape index (κ1) is 12.8. The summed E-state index contributed by atoms with van der Waals surface area (Å²) in [5, 5.41) is 8.24. The molecule has 0 atom stereocenters. The summed E-state index contributed by atoms with van der Waals surface area (Å²) in [7, 11) is 0. The second-order valence-corrected chi connectivity index (χ2v) is 6.60. The lowest BCUT2D eigenvalue weighted by molar-refractivity contribution is 0.985. The lowest BCUT2D eigenvalue weighted by Crippen LogP contribution is -2.04. The standard InChI is InChI=1S/C13H12ClN3S2/c1-8-7-18-12(16-8)4-5-15-13-17-10-6-9(14)2-3-11(10)19-13/h2-3,6-7H,4-5H2,1H3,(H,15,17). The number of hydrogen-bond donors (Lipinski definition) is 1. The molecule has 3 nitrogen and oxygen atoms in total. The Bertz CT molecular complexity index is 705. The Morgan fingerprint density at radius 2 is 2.21 bits per heavy atom. The van der Waals surface area contributed by atoms with Gasteiger partial charge in [0.05, 0.1) is 15.2 Å². The highest BCUT2D eigenvalue weighted by molar-refractivity contribution is 7.22. The van der Waals surface area contributed by atoms with Gasteiger partial charge < -0.3 is 5.32 Å². The van der Waals surface area contributed by atoms with Crippen molar-refractivity contribution in [3.8, 4) is 0 Å². The van der Waals surface area contributed by atoms with E-state index in [1.54, 1.807) is 22.7 Å². The van der Waals surface area contributed by atoms with Crippen LogP contribution >= 0.6 is 34.3 Å². The molecule has 1 aromatic carbocycles. The zero-order valence-corrected chi connectivity index (χ0v) is 12.7. The van der Waals surface area contributed by atoms with Crippen molar-refractivity contribution >= 4 is 49.6 Å². The van der Waals surface area contributed by atoms with Crippen LogP contribution in [0.15, 0.2) is 23.6 Å². The van der Waals surface area contributed by atoms with Crippen molar-refractivity contribution in [2.75, 3.05) is 11.9 Å². The fraction of sp³-hybridized carbons (Fsp3) is 0.231. The first-order chi connectivity index (χ1) is 9.20. The summed E-state index contributed by atoms with van der Waals surface area (Å²) in [6.07, 6.45) is 0.926. The van der Waals surface area contributed by atoms with Crippen molar-refractivity contribution < 1.29 is 0 Å². The third kappa shape index (κ3) is 3.05. The van der Waals surface area contributed by atoms with Gasteiger partial charge in [0.2, 0.25) is 0 Å². The van der Waals surface area contributed by atoms with Gasteiger partial charge in [-0.2, -0.15) is 0 Å². The predicted octanol–water partition coefficient (Wildman–Crippen LogP) is 4.37. The van der Waals surface area contributed by atoms with E-state index in [2.05, 4.69) is 20.7 Å². The van der Waals surface area contributed by atoms with Gasteiger partial charge in [-0.05, 0) is 25.1 Å². The number of benzene rings is 1. The minimum atomic E-state index is 0.725. The monoisotopic (exact) mass is 309 g/mol. The Morgan fingerprint density at radius 3 is 3.00 bits per heavy atom. The third-order valence-electron chi connectivity index (χ3n) is 2.63. The molecule has 0 saturated carbocycles. The van der Waals surface area contributed by atoms with Crippen LogP contribution in [-0.2, 0) is 6.42 Å². The molecule has 0 saturated heterocycles. The van der Waals surface area contributed by atoms with Crippen LogP contribution in [0.1, 0.15) is 10.7 Å². The molecule has 0 bridgehead atoms. The molecule has 0 aliphatic carbocycles. The fourth-order valence-corrected chi connectivity index (χ4v) is 3.58. The van der Waals surface area contributed by atoms with Gasteiger partial charge in [-0.15, -0.1) is 11.3 Å². The van der Waals surface area contributed by atoms with Crippen LogP contribution < -0.4 is 5.32 Å². The summed E-state index contributed by atoms with van der Waals surface area (Å²) in [6.45, 7) is 2.87. The number of halogens is 1. The Labute approximate surface area is 124 Å². The molecule has 1 N–H and O–H groups in total. The summed E-state index contributed by atoms with van der Waals surface area (Å²) < 4.78 is 1.15. The van der Waals surface area contributed by atoms with Gasteiger partial charge in [0.1, 0.15) is 0 Å². The molecule has 0 amide bonds. The van der Waals surface area contributed by atoms with Crippen molar-refractivity contribution in [2.45, 2.75) is 13.3 Å². The number of rotatable bonds is 4. The molecule has 0 radical (unpaired) electrons.